The number of halogens is 2. The molecule has 17 heteroatoms. The summed E-state index contributed by atoms with van der Waals surface area (Å²) in [6.07, 6.45) is 13.1. The van der Waals surface area contributed by atoms with Crippen LogP contribution in [0.5, 0.6) is 0 Å². The molecule has 4 aromatic rings. The second-order valence-corrected chi connectivity index (χ2v) is 24.0. The summed E-state index contributed by atoms with van der Waals surface area (Å²) < 4.78 is 38.6. The molecule has 1 unspecified atom stereocenters. The number of aromatic nitrogens is 2. The van der Waals surface area contributed by atoms with Crippen molar-refractivity contribution in [1.29, 1.82) is 0 Å². The van der Waals surface area contributed by atoms with Crippen LogP contribution in [0.15, 0.2) is 65.5 Å². The Kier molecular flexibility index (Phi) is 14.5. The van der Waals surface area contributed by atoms with E-state index < -0.39 is 29.5 Å². The molecule has 4 saturated heterocycles. The molecule has 2 N–H and O–H groups in total. The van der Waals surface area contributed by atoms with Gasteiger partial charge >= 0.3 is 0 Å². The highest BCUT2D eigenvalue weighted by Crippen LogP contribution is 2.65. The third kappa shape index (κ3) is 10.3. The standard InChI is InChI=1S/C60H72F2N8O7/c61-49-18-15-37(29-50-45-11-4-5-12-46(45)56(73)65-64-50)28-48(49)57(74)68-26-24-67(25-27-68)51(71)36-66-22-19-43(20-23-66)77-54-41-16-17-42(54)35-70(34-41)58(75)53(39-8-2-1-3-9-39)63-55(72)47-14-6-13-44(52(47)62)40-10-7-21-69(33-40)59(76)60-30-38(31-60)32-60/h4-6,11-15,18,28,38-43,53-54H,1-3,7-10,16-17,19-27,29-36H2,(H,63,72)(H,65,73)/t38?,40-,41-,42+,53-,54?,60?/m1/s1. The molecule has 13 rings (SSSR count). The molecule has 408 valence electrons. The minimum absolute atomic E-state index is 0.00132. The topological polar surface area (TPSA) is 169 Å². The van der Waals surface area contributed by atoms with Crippen LogP contribution < -0.4 is 10.9 Å². The van der Waals surface area contributed by atoms with E-state index in [-0.39, 0.29) is 82.2 Å². The molecule has 4 bridgehead atoms. The van der Waals surface area contributed by atoms with Crippen LogP contribution >= 0.6 is 0 Å². The van der Waals surface area contributed by atoms with Gasteiger partial charge in [0.2, 0.25) is 17.7 Å². The highest BCUT2D eigenvalue weighted by molar-refractivity contribution is 5.98. The van der Waals surface area contributed by atoms with E-state index in [2.05, 4.69) is 20.4 Å². The van der Waals surface area contributed by atoms with Gasteiger partial charge in [0.1, 0.15) is 17.7 Å². The van der Waals surface area contributed by atoms with Crippen LogP contribution in [0.1, 0.15) is 133 Å². The van der Waals surface area contributed by atoms with Crippen LogP contribution in [0.3, 0.4) is 0 Å². The second-order valence-electron chi connectivity index (χ2n) is 24.0. The third-order valence-corrected chi connectivity index (χ3v) is 19.2. The zero-order chi connectivity index (χ0) is 53.0. The fourth-order valence-corrected chi connectivity index (χ4v) is 14.8. The van der Waals surface area contributed by atoms with Crippen LogP contribution in [-0.2, 0) is 25.5 Å². The second kappa shape index (κ2) is 21.6. The van der Waals surface area contributed by atoms with Crippen LogP contribution in [-0.4, -0.2) is 154 Å². The number of hydrogen-bond acceptors (Lipinski definition) is 9. The van der Waals surface area contributed by atoms with Gasteiger partial charge in [-0.25, -0.2) is 13.9 Å². The molecule has 5 saturated carbocycles. The number of H-pyrrole nitrogens is 1. The fourth-order valence-electron chi connectivity index (χ4n) is 14.8. The largest absolute Gasteiger partial charge is 0.374 e. The number of hydrogen-bond donors (Lipinski definition) is 2. The van der Waals surface area contributed by atoms with Crippen LogP contribution in [0.2, 0.25) is 0 Å². The summed E-state index contributed by atoms with van der Waals surface area (Å²) >= 11 is 0. The van der Waals surface area contributed by atoms with E-state index in [0.29, 0.717) is 105 Å². The van der Waals surface area contributed by atoms with E-state index in [4.69, 9.17) is 4.74 Å². The van der Waals surface area contributed by atoms with Crippen molar-refractivity contribution in [3.63, 3.8) is 0 Å². The van der Waals surface area contributed by atoms with Gasteiger partial charge in [-0.2, -0.15) is 5.10 Å². The molecule has 5 atom stereocenters. The quantitative estimate of drug-likeness (QED) is 0.149. The molecule has 15 nitrogen and oxygen atoms in total. The van der Waals surface area contributed by atoms with Crippen molar-refractivity contribution in [2.24, 2.45) is 29.1 Å². The first kappa shape index (κ1) is 51.7. The Morgan fingerprint density at radius 2 is 1.43 bits per heavy atom. The summed E-state index contributed by atoms with van der Waals surface area (Å²) in [5, 5.41) is 11.1. The number of fused-ring (bicyclic) bond motifs is 3. The smallest absolute Gasteiger partial charge is 0.272 e. The molecule has 5 amide bonds. The maximum absolute atomic E-state index is 16.6. The van der Waals surface area contributed by atoms with E-state index in [1.165, 1.54) is 12.1 Å². The number of aromatic amines is 1. The summed E-state index contributed by atoms with van der Waals surface area (Å²) in [6, 6.07) is 15.9. The number of rotatable bonds is 13. The van der Waals surface area contributed by atoms with E-state index in [1.54, 1.807) is 46.2 Å². The van der Waals surface area contributed by atoms with E-state index in [0.717, 1.165) is 89.9 Å². The molecular formula is C60H72F2N8O7. The summed E-state index contributed by atoms with van der Waals surface area (Å²) in [5.74, 6) is -1.16. The predicted molar refractivity (Wildman–Crippen MR) is 284 cm³/mol. The zero-order valence-electron chi connectivity index (χ0n) is 44.1. The summed E-state index contributed by atoms with van der Waals surface area (Å²) in [5.41, 5.74) is 1.23. The first-order chi connectivity index (χ1) is 37.4. The average molecular weight is 1060 g/mol. The minimum atomic E-state index is -0.744. The van der Waals surface area contributed by atoms with Crippen LogP contribution in [0, 0.1) is 40.7 Å². The zero-order valence-corrected chi connectivity index (χ0v) is 44.1. The molecule has 9 fully saturated rings. The van der Waals surface area contributed by atoms with Gasteiger partial charge in [0.15, 0.2) is 0 Å². The van der Waals surface area contributed by atoms with Crippen LogP contribution in [0.4, 0.5) is 8.78 Å². The molecule has 1 aromatic heterocycles. The van der Waals surface area contributed by atoms with Crippen LogP contribution in [0.25, 0.3) is 10.8 Å². The Balaban J connectivity index is 0.608. The third-order valence-electron chi connectivity index (χ3n) is 19.2. The Bertz CT molecular complexity index is 2950. The predicted octanol–water partition coefficient (Wildman–Crippen LogP) is 6.68. The number of piperidine rings is 3. The van der Waals surface area contributed by atoms with E-state index in [1.807, 2.05) is 21.9 Å². The summed E-state index contributed by atoms with van der Waals surface area (Å²) in [4.78, 5) is 91.4. The SMILES string of the molecule is O=C(N[C@@H](C(=O)N1C[C@H]2CC[C@@H](C1)C2OC1CCN(CC(=O)N2CCN(C(=O)c3cc(Cc4n[nH]c(=O)c5ccccc45)ccc3F)CC2)CC1)C1CCCCC1)c1cccc([C@@H]2CCCN(C(=O)C34CC(C3)C4)C2)c1F. The van der Waals surface area contributed by atoms with Gasteiger partial charge in [-0.1, -0.05) is 55.7 Å². The van der Waals surface area contributed by atoms with Crippen molar-refractivity contribution in [2.75, 3.05) is 72.0 Å². The molecule has 77 heavy (non-hydrogen) atoms. The van der Waals surface area contributed by atoms with Gasteiger partial charge in [0, 0.05) is 95.0 Å². The molecule has 5 heterocycles. The lowest BCUT2D eigenvalue weighted by molar-refractivity contribution is -0.178. The maximum atomic E-state index is 16.6. The number of piperazine rings is 1. The number of amides is 5. The Hall–Kier alpha value is -6.07. The number of carbonyl (C=O) groups is 5. The first-order valence-corrected chi connectivity index (χ1v) is 28.7. The Labute approximate surface area is 448 Å². The van der Waals surface area contributed by atoms with Crippen molar-refractivity contribution in [3.05, 3.63) is 111 Å². The Morgan fingerprint density at radius 1 is 0.714 bits per heavy atom. The Morgan fingerprint density at radius 3 is 2.14 bits per heavy atom. The lowest BCUT2D eigenvalue weighted by atomic mass is 9.44. The molecule has 5 aliphatic carbocycles. The number of likely N-dealkylation sites (tertiary alicyclic amines) is 3. The number of carbonyl (C=O) groups excluding carboxylic acids is 5. The van der Waals surface area contributed by atoms with E-state index in [9.17, 15) is 28.8 Å². The van der Waals surface area contributed by atoms with E-state index >= 15 is 8.78 Å². The number of benzene rings is 3. The number of nitrogens with one attached hydrogen (secondary N) is 2. The van der Waals surface area contributed by atoms with Gasteiger partial charge in [0.05, 0.1) is 46.4 Å². The summed E-state index contributed by atoms with van der Waals surface area (Å²) in [6.45, 7) is 5.28. The number of ether oxygens (including phenoxy) is 1. The van der Waals surface area contributed by atoms with Crippen molar-refractivity contribution >= 4 is 40.3 Å². The van der Waals surface area contributed by atoms with Crippen molar-refractivity contribution < 1.29 is 37.5 Å². The molecule has 9 aliphatic rings. The average Bonchev–Trinajstić information content (AvgIpc) is 3.85. The molecule has 0 radical (unpaired) electrons. The normalized spacial score (nSPS) is 27.2. The molecular weight excluding hydrogens is 983 g/mol. The van der Waals surface area contributed by atoms with Crippen molar-refractivity contribution in [2.45, 2.75) is 120 Å². The van der Waals surface area contributed by atoms with Gasteiger partial charge in [0.25, 0.3) is 17.4 Å². The fraction of sp³-hybridized carbons (Fsp3) is 0.583. The van der Waals surface area contributed by atoms with Crippen molar-refractivity contribution in [1.82, 2.24) is 40.0 Å². The van der Waals surface area contributed by atoms with Gasteiger partial charge in [-0.15, -0.1) is 0 Å². The summed E-state index contributed by atoms with van der Waals surface area (Å²) in [7, 11) is 0. The highest BCUT2D eigenvalue weighted by atomic mass is 19.1. The minimum Gasteiger partial charge on any atom is -0.374 e. The lowest BCUT2D eigenvalue weighted by Crippen LogP contribution is -2.62. The van der Waals surface area contributed by atoms with Gasteiger partial charge < -0.3 is 29.7 Å². The van der Waals surface area contributed by atoms with Crippen molar-refractivity contribution in [3.8, 4) is 0 Å². The maximum Gasteiger partial charge on any atom is 0.272 e. The lowest BCUT2D eigenvalue weighted by Gasteiger charge is -2.61. The van der Waals surface area contributed by atoms with Gasteiger partial charge in [-0.3, -0.25) is 33.7 Å². The highest BCUT2D eigenvalue weighted by Gasteiger charge is 2.62. The van der Waals surface area contributed by atoms with Gasteiger partial charge in [-0.05, 0) is 118 Å². The molecule has 0 spiro atoms. The number of nitrogens with zero attached hydrogens (tertiary/aromatic N) is 6. The molecule has 4 aliphatic heterocycles. The monoisotopic (exact) mass is 1050 g/mol. The first-order valence-electron chi connectivity index (χ1n) is 28.7. The molecule has 3 aromatic carbocycles.